The predicted molar refractivity (Wildman–Crippen MR) is 88.4 cm³/mol. The smallest absolute Gasteiger partial charge is 0.263 e. The summed E-state index contributed by atoms with van der Waals surface area (Å²) in [6.07, 6.45) is 0. The zero-order chi connectivity index (χ0) is 16.7. The Balaban J connectivity index is 1.61. The highest BCUT2D eigenvalue weighted by Gasteiger charge is 2.54. The van der Waals surface area contributed by atoms with Crippen LogP contribution in [0.25, 0.3) is 0 Å². The first kappa shape index (κ1) is 14.8. The SMILES string of the molecule is O=C1[C@H]2N=NN(Cc3ccccc3)[C@H]2C(=O)N1c1ccc(Cl)cc1. The van der Waals surface area contributed by atoms with Gasteiger partial charge in [-0.15, -0.1) is 0 Å². The van der Waals surface area contributed by atoms with Crippen LogP contribution in [0.2, 0.25) is 5.02 Å². The number of benzene rings is 2. The molecule has 1 saturated heterocycles. The van der Waals surface area contributed by atoms with Crippen LogP contribution >= 0.6 is 11.6 Å². The molecule has 0 aliphatic carbocycles. The highest BCUT2D eigenvalue weighted by Crippen LogP contribution is 2.33. The molecule has 0 saturated carbocycles. The summed E-state index contributed by atoms with van der Waals surface area (Å²) < 4.78 is 0. The molecule has 2 aliphatic heterocycles. The summed E-state index contributed by atoms with van der Waals surface area (Å²) in [6, 6.07) is 14.8. The predicted octanol–water partition coefficient (Wildman–Crippen LogP) is 2.83. The third kappa shape index (κ3) is 2.35. The summed E-state index contributed by atoms with van der Waals surface area (Å²) in [4.78, 5) is 26.5. The Morgan fingerprint density at radius 1 is 0.958 bits per heavy atom. The molecule has 2 heterocycles. The van der Waals surface area contributed by atoms with Crippen molar-refractivity contribution in [2.45, 2.75) is 18.6 Å². The number of hydrogen-bond acceptors (Lipinski definition) is 5. The molecule has 7 heteroatoms. The molecular formula is C17H13ClN4O2. The fraction of sp³-hybridized carbons (Fsp3) is 0.176. The van der Waals surface area contributed by atoms with Gasteiger partial charge in [-0.25, -0.2) is 4.90 Å². The number of halogens is 1. The number of nitrogens with zero attached hydrogens (tertiary/aromatic N) is 4. The first-order valence-electron chi connectivity index (χ1n) is 7.50. The van der Waals surface area contributed by atoms with Crippen LogP contribution in [0, 0.1) is 0 Å². The van der Waals surface area contributed by atoms with Crippen LogP contribution in [0.1, 0.15) is 5.56 Å². The van der Waals surface area contributed by atoms with Crippen molar-refractivity contribution in [1.82, 2.24) is 5.01 Å². The summed E-state index contributed by atoms with van der Waals surface area (Å²) in [6.45, 7) is 0.430. The summed E-state index contributed by atoms with van der Waals surface area (Å²) in [5.74, 6) is -0.667. The van der Waals surface area contributed by atoms with Crippen molar-refractivity contribution in [3.63, 3.8) is 0 Å². The second-order valence-electron chi connectivity index (χ2n) is 5.67. The van der Waals surface area contributed by atoms with Gasteiger partial charge in [0.2, 0.25) is 0 Å². The highest BCUT2D eigenvalue weighted by molar-refractivity contribution is 6.31. The molecule has 0 spiro atoms. The lowest BCUT2D eigenvalue weighted by molar-refractivity contribution is -0.123. The molecule has 2 aromatic carbocycles. The maximum atomic E-state index is 12.8. The van der Waals surface area contributed by atoms with Crippen molar-refractivity contribution in [3.05, 3.63) is 65.2 Å². The molecule has 2 aliphatic rings. The van der Waals surface area contributed by atoms with E-state index in [1.165, 1.54) is 4.90 Å². The zero-order valence-corrected chi connectivity index (χ0v) is 13.3. The Hall–Kier alpha value is -2.73. The Bertz CT molecular complexity index is 822. The standard InChI is InChI=1S/C17H13ClN4O2/c18-12-6-8-13(9-7-12)22-16(23)14-15(17(22)24)21(20-19-14)10-11-4-2-1-3-5-11/h1-9,14-15H,10H2/t14-,15+/m0/s1. The first-order valence-corrected chi connectivity index (χ1v) is 7.87. The Kier molecular flexibility index (Phi) is 3.54. The number of imide groups is 1. The van der Waals surface area contributed by atoms with E-state index >= 15 is 0 Å². The van der Waals surface area contributed by atoms with Crippen LogP contribution in [0.3, 0.4) is 0 Å². The van der Waals surface area contributed by atoms with Crippen molar-refractivity contribution in [1.29, 1.82) is 0 Å². The minimum Gasteiger partial charge on any atom is -0.271 e. The van der Waals surface area contributed by atoms with Crippen LogP contribution in [-0.2, 0) is 16.1 Å². The third-order valence-electron chi connectivity index (χ3n) is 4.13. The van der Waals surface area contributed by atoms with Crippen molar-refractivity contribution in [3.8, 4) is 0 Å². The van der Waals surface area contributed by atoms with E-state index in [9.17, 15) is 9.59 Å². The maximum absolute atomic E-state index is 12.8. The number of anilines is 1. The van der Waals surface area contributed by atoms with Gasteiger partial charge in [-0.05, 0) is 29.8 Å². The second-order valence-corrected chi connectivity index (χ2v) is 6.10. The molecule has 24 heavy (non-hydrogen) atoms. The van der Waals surface area contributed by atoms with E-state index in [0.717, 1.165) is 5.56 Å². The van der Waals surface area contributed by atoms with Crippen LogP contribution in [0.4, 0.5) is 5.69 Å². The molecule has 120 valence electrons. The van der Waals surface area contributed by atoms with Gasteiger partial charge in [0.15, 0.2) is 12.1 Å². The lowest BCUT2D eigenvalue weighted by Gasteiger charge is -2.20. The number of carbonyl (C=O) groups excluding carboxylic acids is 2. The fourth-order valence-corrected chi connectivity index (χ4v) is 3.09. The molecule has 4 rings (SSSR count). The van der Waals surface area contributed by atoms with E-state index < -0.39 is 12.1 Å². The number of carbonyl (C=O) groups is 2. The summed E-state index contributed by atoms with van der Waals surface area (Å²) in [7, 11) is 0. The average Bonchev–Trinajstić information content (AvgIpc) is 3.11. The second kappa shape index (κ2) is 5.72. The Labute approximate surface area is 143 Å². The Morgan fingerprint density at radius 2 is 1.67 bits per heavy atom. The van der Waals surface area contributed by atoms with Crippen molar-refractivity contribution < 1.29 is 9.59 Å². The molecule has 6 nitrogen and oxygen atoms in total. The summed E-state index contributed by atoms with van der Waals surface area (Å²) in [5, 5.41) is 10.2. The molecule has 0 bridgehead atoms. The first-order chi connectivity index (χ1) is 11.6. The number of rotatable bonds is 3. The lowest BCUT2D eigenvalue weighted by atomic mass is 10.1. The van der Waals surface area contributed by atoms with Crippen LogP contribution in [0.5, 0.6) is 0 Å². The molecule has 2 aromatic rings. The number of amides is 2. The number of hydrogen-bond donors (Lipinski definition) is 0. The van der Waals surface area contributed by atoms with Crippen molar-refractivity contribution >= 4 is 29.1 Å². The van der Waals surface area contributed by atoms with Crippen LogP contribution in [-0.4, -0.2) is 28.9 Å². The minimum absolute atomic E-state index is 0.312. The quantitative estimate of drug-likeness (QED) is 0.807. The fourth-order valence-electron chi connectivity index (χ4n) is 2.97. The molecular weight excluding hydrogens is 328 g/mol. The van der Waals surface area contributed by atoms with Gasteiger partial charge in [0.05, 0.1) is 12.2 Å². The van der Waals surface area contributed by atoms with Crippen LogP contribution in [0.15, 0.2) is 64.9 Å². The van der Waals surface area contributed by atoms with Crippen molar-refractivity contribution in [2.75, 3.05) is 4.90 Å². The average molecular weight is 341 g/mol. The molecule has 2 amide bonds. The van der Waals surface area contributed by atoms with Crippen LogP contribution < -0.4 is 4.90 Å². The lowest BCUT2D eigenvalue weighted by Crippen LogP contribution is -2.39. The molecule has 0 radical (unpaired) electrons. The molecule has 0 aromatic heterocycles. The van der Waals surface area contributed by atoms with Gasteiger partial charge in [-0.2, -0.15) is 5.11 Å². The van der Waals surface area contributed by atoms with E-state index in [2.05, 4.69) is 10.3 Å². The molecule has 2 atom stereocenters. The monoisotopic (exact) mass is 340 g/mol. The van der Waals surface area contributed by atoms with E-state index in [4.69, 9.17) is 11.6 Å². The third-order valence-corrected chi connectivity index (χ3v) is 4.38. The van der Waals surface area contributed by atoms with E-state index in [1.54, 1.807) is 29.3 Å². The van der Waals surface area contributed by atoms with Gasteiger partial charge < -0.3 is 0 Å². The van der Waals surface area contributed by atoms with E-state index in [-0.39, 0.29) is 11.8 Å². The Morgan fingerprint density at radius 3 is 2.38 bits per heavy atom. The van der Waals surface area contributed by atoms with E-state index in [1.807, 2.05) is 30.3 Å². The maximum Gasteiger partial charge on any atom is 0.263 e. The largest absolute Gasteiger partial charge is 0.271 e. The normalized spacial score (nSPS) is 22.4. The highest BCUT2D eigenvalue weighted by atomic mass is 35.5. The summed E-state index contributed by atoms with van der Waals surface area (Å²) in [5.41, 5.74) is 1.50. The van der Waals surface area contributed by atoms with Gasteiger partial charge in [0.1, 0.15) is 0 Å². The molecule has 0 unspecified atom stereocenters. The molecule has 0 N–H and O–H groups in total. The topological polar surface area (TPSA) is 65.3 Å². The van der Waals surface area contributed by atoms with Gasteiger partial charge >= 0.3 is 0 Å². The van der Waals surface area contributed by atoms with Gasteiger partial charge in [0, 0.05) is 5.02 Å². The van der Waals surface area contributed by atoms with Gasteiger partial charge in [-0.3, -0.25) is 14.6 Å². The minimum atomic E-state index is -0.781. The summed E-state index contributed by atoms with van der Waals surface area (Å²) >= 11 is 5.87. The number of fused-ring (bicyclic) bond motifs is 1. The van der Waals surface area contributed by atoms with Gasteiger partial charge in [-0.1, -0.05) is 47.2 Å². The van der Waals surface area contributed by atoms with Gasteiger partial charge in [0.25, 0.3) is 11.8 Å². The van der Waals surface area contributed by atoms with E-state index in [0.29, 0.717) is 17.3 Å². The zero-order valence-electron chi connectivity index (χ0n) is 12.5. The molecule has 1 fully saturated rings. The van der Waals surface area contributed by atoms with Crippen molar-refractivity contribution in [2.24, 2.45) is 10.3 Å².